The van der Waals surface area contributed by atoms with Gasteiger partial charge >= 0.3 is 5.97 Å². The molecule has 3 N–H and O–H groups in total. The van der Waals surface area contributed by atoms with Crippen molar-refractivity contribution in [1.82, 2.24) is 15.2 Å². The largest absolute Gasteiger partial charge is 0.481 e. The molecule has 0 saturated carbocycles. The number of hydrogen-bond acceptors (Lipinski definition) is 3. The Morgan fingerprint density at radius 2 is 1.20 bits per heavy atom. The van der Waals surface area contributed by atoms with E-state index in [4.69, 9.17) is 0 Å². The monoisotopic (exact) mass is 615 g/mol. The van der Waals surface area contributed by atoms with E-state index in [2.05, 4.69) is 152 Å². The summed E-state index contributed by atoms with van der Waals surface area (Å²) in [6.07, 6.45) is 5.79. The van der Waals surface area contributed by atoms with Crippen molar-refractivity contribution >= 4 is 16.9 Å². The van der Waals surface area contributed by atoms with Crippen LogP contribution in [0.4, 0.5) is 0 Å². The number of carboxylic acid groups (broad SMARTS) is 1. The van der Waals surface area contributed by atoms with Gasteiger partial charge in [-0.25, -0.2) is 0 Å². The molecule has 0 atom stereocenters. The van der Waals surface area contributed by atoms with Gasteiger partial charge in [-0.2, -0.15) is 0 Å². The highest BCUT2D eigenvalue weighted by Gasteiger charge is 2.35. The average molecular weight is 616 g/mol. The molecule has 0 unspecified atom stereocenters. The lowest BCUT2D eigenvalue weighted by Crippen LogP contribution is -2.58. The number of aliphatic carboxylic acids is 1. The normalized spacial score (nSPS) is 12.0. The maximum absolute atomic E-state index is 11.4. The number of aryl methyl sites for hydroxylation is 1. The number of carbonyl (C=O) groups is 1. The zero-order chi connectivity index (χ0) is 32.5. The molecule has 1 heterocycles. The van der Waals surface area contributed by atoms with Crippen LogP contribution in [0.2, 0.25) is 0 Å². The topological polar surface area (TPSA) is 66.3 Å². The molecule has 0 aliphatic heterocycles. The first-order chi connectivity index (χ1) is 22.2. The van der Waals surface area contributed by atoms with Crippen LogP contribution < -0.4 is 10.6 Å². The van der Waals surface area contributed by atoms with Crippen molar-refractivity contribution in [2.45, 2.75) is 78.7 Å². The molecule has 4 aromatic carbocycles. The molecule has 5 rings (SSSR count). The SMILES string of the molecule is CC(C)Cc1ccc(CNC(NCc2ccc(CC(C)C)cc2)(c2ccccc2)n2cc(CCCC(=O)O)c3ccccc32)cc1. The second kappa shape index (κ2) is 15.4. The molecule has 0 bridgehead atoms. The van der Waals surface area contributed by atoms with E-state index >= 15 is 0 Å². The Bertz CT molecular complexity index is 1630. The Hall–Kier alpha value is -4.19. The second-order valence-corrected chi connectivity index (χ2v) is 13.4. The fraction of sp³-hybridized carbons (Fsp3) is 0.341. The zero-order valence-electron chi connectivity index (χ0n) is 27.8. The third-order valence-electron chi connectivity index (χ3n) is 8.61. The molecule has 0 saturated heterocycles. The lowest BCUT2D eigenvalue weighted by molar-refractivity contribution is -0.137. The lowest BCUT2D eigenvalue weighted by atomic mass is 10.0. The molecule has 5 heteroatoms. The van der Waals surface area contributed by atoms with E-state index in [-0.39, 0.29) is 6.42 Å². The molecular weight excluding hydrogens is 566 g/mol. The molecule has 240 valence electrons. The van der Waals surface area contributed by atoms with Crippen molar-refractivity contribution in [3.8, 4) is 0 Å². The quantitative estimate of drug-likeness (QED) is 0.0972. The van der Waals surface area contributed by atoms with Gasteiger partial charge in [0, 0.05) is 36.7 Å². The van der Waals surface area contributed by atoms with Gasteiger partial charge in [-0.3, -0.25) is 15.4 Å². The molecule has 5 aromatic rings. The van der Waals surface area contributed by atoms with Crippen LogP contribution >= 0.6 is 0 Å². The summed E-state index contributed by atoms with van der Waals surface area (Å²) in [5, 5.41) is 18.5. The van der Waals surface area contributed by atoms with E-state index in [1.807, 2.05) is 0 Å². The van der Waals surface area contributed by atoms with Gasteiger partial charge < -0.3 is 9.67 Å². The van der Waals surface area contributed by atoms with Gasteiger partial charge in [0.05, 0.1) is 5.52 Å². The van der Waals surface area contributed by atoms with Gasteiger partial charge in [-0.05, 0) is 71.4 Å². The van der Waals surface area contributed by atoms with Gasteiger partial charge in [0.2, 0.25) is 0 Å². The van der Waals surface area contributed by atoms with Gasteiger partial charge in [0.1, 0.15) is 0 Å². The van der Waals surface area contributed by atoms with Crippen molar-refractivity contribution in [3.63, 3.8) is 0 Å². The molecule has 0 amide bonds. The number of para-hydroxylation sites is 1. The molecule has 46 heavy (non-hydrogen) atoms. The summed E-state index contributed by atoms with van der Waals surface area (Å²) in [4.78, 5) is 11.4. The van der Waals surface area contributed by atoms with Crippen LogP contribution in [0.25, 0.3) is 10.9 Å². The summed E-state index contributed by atoms with van der Waals surface area (Å²) >= 11 is 0. The summed E-state index contributed by atoms with van der Waals surface area (Å²) in [5.74, 6) is -0.321. The fourth-order valence-electron chi connectivity index (χ4n) is 6.40. The number of carboxylic acids is 1. The van der Waals surface area contributed by atoms with Crippen LogP contribution in [0.15, 0.2) is 109 Å². The summed E-state index contributed by atoms with van der Waals surface area (Å²) in [6, 6.07) is 37.0. The first-order valence-electron chi connectivity index (χ1n) is 16.8. The molecule has 0 aliphatic rings. The van der Waals surface area contributed by atoms with E-state index < -0.39 is 11.8 Å². The highest BCUT2D eigenvalue weighted by atomic mass is 16.4. The summed E-state index contributed by atoms with van der Waals surface area (Å²) in [7, 11) is 0. The molecular formula is C41H49N3O2. The maximum atomic E-state index is 11.4. The van der Waals surface area contributed by atoms with E-state index in [0.717, 1.165) is 34.9 Å². The third-order valence-corrected chi connectivity index (χ3v) is 8.61. The molecule has 1 aromatic heterocycles. The first-order valence-corrected chi connectivity index (χ1v) is 16.8. The predicted octanol–water partition coefficient (Wildman–Crippen LogP) is 8.68. The number of aromatic nitrogens is 1. The van der Waals surface area contributed by atoms with E-state index in [1.54, 1.807) is 0 Å². The molecule has 0 aliphatic carbocycles. The smallest absolute Gasteiger partial charge is 0.303 e. The molecule has 0 fully saturated rings. The summed E-state index contributed by atoms with van der Waals surface area (Å²) in [5.41, 5.74) is 8.48. The molecule has 5 nitrogen and oxygen atoms in total. The zero-order valence-corrected chi connectivity index (χ0v) is 27.8. The van der Waals surface area contributed by atoms with Gasteiger partial charge in [0.25, 0.3) is 0 Å². The van der Waals surface area contributed by atoms with Crippen molar-refractivity contribution in [2.24, 2.45) is 11.8 Å². The highest BCUT2D eigenvalue weighted by Crippen LogP contribution is 2.32. The number of nitrogens with zero attached hydrogens (tertiary/aromatic N) is 1. The van der Waals surface area contributed by atoms with E-state index in [9.17, 15) is 9.90 Å². The van der Waals surface area contributed by atoms with Crippen molar-refractivity contribution < 1.29 is 9.90 Å². The van der Waals surface area contributed by atoms with Crippen LogP contribution in [0.3, 0.4) is 0 Å². The standard InChI is InChI=1S/C41H49N3O2/c1-30(2)25-32-17-21-34(22-18-32)27-42-41(37-12-6-5-7-13-37,43-28-35-23-19-33(20-24-35)26-31(3)4)44-29-36(11-10-16-40(45)46)38-14-8-9-15-39(38)44/h5-9,12-15,17-24,29-31,42-43H,10-11,16,25-28H2,1-4H3,(H,45,46). The van der Waals surface area contributed by atoms with Crippen molar-refractivity contribution in [2.75, 3.05) is 0 Å². The van der Waals surface area contributed by atoms with Crippen LogP contribution in [-0.2, 0) is 42.9 Å². The van der Waals surface area contributed by atoms with Gasteiger partial charge in [-0.1, -0.05) is 125 Å². The van der Waals surface area contributed by atoms with Crippen LogP contribution in [0, 0.1) is 11.8 Å². The highest BCUT2D eigenvalue weighted by molar-refractivity contribution is 5.84. The Balaban J connectivity index is 1.57. The van der Waals surface area contributed by atoms with Crippen LogP contribution in [0.1, 0.15) is 73.9 Å². The maximum Gasteiger partial charge on any atom is 0.303 e. The Morgan fingerprint density at radius 1 is 0.696 bits per heavy atom. The average Bonchev–Trinajstić information content (AvgIpc) is 3.41. The Kier molecular flexibility index (Phi) is 11.1. The minimum absolute atomic E-state index is 0.152. The first kappa shape index (κ1) is 33.2. The van der Waals surface area contributed by atoms with Gasteiger partial charge in [0.15, 0.2) is 5.79 Å². The third kappa shape index (κ3) is 8.34. The fourth-order valence-corrected chi connectivity index (χ4v) is 6.40. The van der Waals surface area contributed by atoms with E-state index in [1.165, 1.54) is 22.3 Å². The number of fused-ring (bicyclic) bond motifs is 1. The summed E-state index contributed by atoms with van der Waals surface area (Å²) < 4.78 is 2.33. The summed E-state index contributed by atoms with van der Waals surface area (Å²) in [6.45, 7) is 10.3. The minimum Gasteiger partial charge on any atom is -0.481 e. The number of rotatable bonds is 16. The molecule has 0 radical (unpaired) electrons. The predicted molar refractivity (Wildman–Crippen MR) is 190 cm³/mol. The van der Waals surface area contributed by atoms with Crippen LogP contribution in [-0.4, -0.2) is 15.6 Å². The minimum atomic E-state index is -0.793. The second-order valence-electron chi connectivity index (χ2n) is 13.4. The number of benzene rings is 4. The van der Waals surface area contributed by atoms with Crippen molar-refractivity contribution in [3.05, 3.63) is 143 Å². The number of hydrogen-bond donors (Lipinski definition) is 3. The lowest BCUT2D eigenvalue weighted by Gasteiger charge is -2.39. The number of nitrogens with one attached hydrogen (secondary N) is 2. The molecule has 0 spiro atoms. The van der Waals surface area contributed by atoms with Crippen LogP contribution in [0.5, 0.6) is 0 Å². The Labute approximate surface area is 274 Å². The van der Waals surface area contributed by atoms with Gasteiger partial charge in [-0.15, -0.1) is 0 Å². The Morgan fingerprint density at radius 3 is 1.72 bits per heavy atom. The van der Waals surface area contributed by atoms with Crippen molar-refractivity contribution in [1.29, 1.82) is 0 Å². The van der Waals surface area contributed by atoms with E-state index in [0.29, 0.717) is 37.8 Å².